The van der Waals surface area contributed by atoms with Crippen molar-refractivity contribution in [3.8, 4) is 6.07 Å². The Morgan fingerprint density at radius 1 is 1.04 bits per heavy atom. The second-order valence-corrected chi connectivity index (χ2v) is 7.07. The number of allylic oxidation sites excluding steroid dienone is 2. The van der Waals surface area contributed by atoms with Crippen molar-refractivity contribution in [3.05, 3.63) is 47.5 Å². The van der Waals surface area contributed by atoms with Crippen molar-refractivity contribution >= 4 is 0 Å². The maximum atomic E-state index is 8.81. The molecule has 0 bridgehead atoms. The first-order valence-corrected chi connectivity index (χ1v) is 9.47. The Balaban J connectivity index is 1.64. The third kappa shape index (κ3) is 6.61. The van der Waals surface area contributed by atoms with Crippen molar-refractivity contribution in [3.63, 3.8) is 0 Å². The van der Waals surface area contributed by atoms with Gasteiger partial charge in [0.15, 0.2) is 0 Å². The summed E-state index contributed by atoms with van der Waals surface area (Å²) in [6.45, 7) is 2.29. The summed E-state index contributed by atoms with van der Waals surface area (Å²) in [5, 5.41) is 8.81. The van der Waals surface area contributed by atoms with Crippen molar-refractivity contribution in [1.82, 2.24) is 0 Å². The zero-order valence-corrected chi connectivity index (χ0v) is 14.6. The monoisotopic (exact) mass is 309 g/mol. The molecule has 0 radical (unpaired) electrons. The quantitative estimate of drug-likeness (QED) is 0.401. The molecule has 0 heterocycles. The Hall–Kier alpha value is -1.55. The fourth-order valence-corrected chi connectivity index (χ4v) is 3.64. The second-order valence-electron chi connectivity index (χ2n) is 7.07. The highest BCUT2D eigenvalue weighted by Crippen LogP contribution is 2.32. The maximum absolute atomic E-state index is 8.81. The van der Waals surface area contributed by atoms with Crippen LogP contribution in [0.1, 0.15) is 75.8 Å². The lowest BCUT2D eigenvalue weighted by molar-refractivity contribution is 0.288. The molecular formula is C22H31N. The summed E-state index contributed by atoms with van der Waals surface area (Å²) in [7, 11) is 0. The number of rotatable bonds is 8. The van der Waals surface area contributed by atoms with E-state index >= 15 is 0 Å². The summed E-state index contributed by atoms with van der Waals surface area (Å²) >= 11 is 0. The molecule has 2 rings (SSSR count). The van der Waals surface area contributed by atoms with Crippen LogP contribution >= 0.6 is 0 Å². The molecule has 0 atom stereocenters. The van der Waals surface area contributed by atoms with E-state index in [1.54, 1.807) is 0 Å². The number of unbranched alkanes of at least 4 members (excludes halogenated alkanes) is 3. The number of hydrogen-bond acceptors (Lipinski definition) is 1. The van der Waals surface area contributed by atoms with E-state index in [2.05, 4.69) is 37.3 Å². The van der Waals surface area contributed by atoms with Crippen LogP contribution in [-0.2, 0) is 6.42 Å². The molecule has 0 unspecified atom stereocenters. The van der Waals surface area contributed by atoms with Crippen LogP contribution in [0.4, 0.5) is 0 Å². The van der Waals surface area contributed by atoms with Crippen LogP contribution in [0, 0.1) is 23.2 Å². The summed E-state index contributed by atoms with van der Waals surface area (Å²) in [6.07, 6.45) is 18.5. The summed E-state index contributed by atoms with van der Waals surface area (Å²) in [5.74, 6) is 1.79. The van der Waals surface area contributed by atoms with Crippen LogP contribution in [0.2, 0.25) is 0 Å². The zero-order valence-electron chi connectivity index (χ0n) is 14.6. The average molecular weight is 309 g/mol. The molecule has 0 N–H and O–H groups in total. The summed E-state index contributed by atoms with van der Waals surface area (Å²) in [6, 6.07) is 10.1. The molecule has 0 aliphatic heterocycles. The van der Waals surface area contributed by atoms with Gasteiger partial charge in [-0.1, -0.05) is 63.3 Å². The number of benzene rings is 1. The van der Waals surface area contributed by atoms with Crippen LogP contribution in [0.15, 0.2) is 36.4 Å². The first-order valence-electron chi connectivity index (χ1n) is 9.47. The van der Waals surface area contributed by atoms with Crippen LogP contribution < -0.4 is 0 Å². The lowest BCUT2D eigenvalue weighted by Gasteiger charge is -2.26. The summed E-state index contributed by atoms with van der Waals surface area (Å²) in [4.78, 5) is 0. The SMILES string of the molecule is CCCCCCC1CCC(/C=C/Cc2ccc(C#N)cc2)CC1. The Labute approximate surface area is 142 Å². The lowest BCUT2D eigenvalue weighted by atomic mass is 9.79. The smallest absolute Gasteiger partial charge is 0.0991 e. The first kappa shape index (κ1) is 17.8. The molecule has 1 saturated carbocycles. The lowest BCUT2D eigenvalue weighted by Crippen LogP contribution is -2.13. The molecule has 1 nitrogen and oxygen atoms in total. The van der Waals surface area contributed by atoms with Gasteiger partial charge in [-0.15, -0.1) is 0 Å². The highest BCUT2D eigenvalue weighted by Gasteiger charge is 2.18. The predicted octanol–water partition coefficient (Wildman–Crippen LogP) is 6.43. The van der Waals surface area contributed by atoms with Crippen molar-refractivity contribution in [2.24, 2.45) is 11.8 Å². The van der Waals surface area contributed by atoms with Crippen LogP contribution in [0.25, 0.3) is 0 Å². The van der Waals surface area contributed by atoms with Gasteiger partial charge in [-0.2, -0.15) is 5.26 Å². The molecule has 1 heteroatoms. The molecule has 1 aromatic rings. The Morgan fingerprint density at radius 2 is 1.78 bits per heavy atom. The Morgan fingerprint density at radius 3 is 2.43 bits per heavy atom. The molecule has 0 amide bonds. The highest BCUT2D eigenvalue weighted by atomic mass is 14.2. The van der Waals surface area contributed by atoms with Gasteiger partial charge in [0.2, 0.25) is 0 Å². The van der Waals surface area contributed by atoms with Crippen molar-refractivity contribution in [1.29, 1.82) is 5.26 Å². The van der Waals surface area contributed by atoms with Gasteiger partial charge >= 0.3 is 0 Å². The van der Waals surface area contributed by atoms with Crippen molar-refractivity contribution in [2.75, 3.05) is 0 Å². The largest absolute Gasteiger partial charge is 0.192 e. The number of nitrogens with zero attached hydrogens (tertiary/aromatic N) is 1. The van der Waals surface area contributed by atoms with Gasteiger partial charge in [0.25, 0.3) is 0 Å². The standard InChI is InChI=1S/C22H31N/c1-2-3-4-5-7-19-10-12-20(13-11-19)8-6-9-21-14-16-22(18-23)17-15-21/h6,8,14-17,19-20H,2-5,7,9-13H2,1H3/b8-6+. The van der Waals surface area contributed by atoms with Gasteiger partial charge in [0.05, 0.1) is 11.6 Å². The molecule has 1 fully saturated rings. The number of hydrogen-bond donors (Lipinski definition) is 0. The van der Waals surface area contributed by atoms with Crippen molar-refractivity contribution < 1.29 is 0 Å². The van der Waals surface area contributed by atoms with E-state index in [1.165, 1.54) is 63.4 Å². The predicted molar refractivity (Wildman–Crippen MR) is 98.2 cm³/mol. The van der Waals surface area contributed by atoms with E-state index in [1.807, 2.05) is 12.1 Å². The molecule has 1 aliphatic carbocycles. The molecule has 0 saturated heterocycles. The van der Waals surface area contributed by atoms with E-state index in [9.17, 15) is 0 Å². The molecule has 1 aliphatic rings. The van der Waals surface area contributed by atoms with Gasteiger partial charge < -0.3 is 0 Å². The van der Waals surface area contributed by atoms with Crippen LogP contribution in [0.5, 0.6) is 0 Å². The van der Waals surface area contributed by atoms with Gasteiger partial charge in [0, 0.05) is 0 Å². The topological polar surface area (TPSA) is 23.8 Å². The van der Waals surface area contributed by atoms with Gasteiger partial charge in [-0.25, -0.2) is 0 Å². The minimum absolute atomic E-state index is 0.745. The number of nitriles is 1. The van der Waals surface area contributed by atoms with E-state index in [-0.39, 0.29) is 0 Å². The Bertz CT molecular complexity index is 498. The highest BCUT2D eigenvalue weighted by molar-refractivity contribution is 5.32. The summed E-state index contributed by atoms with van der Waals surface area (Å²) < 4.78 is 0. The van der Waals surface area contributed by atoms with Crippen LogP contribution in [-0.4, -0.2) is 0 Å². The van der Waals surface area contributed by atoms with E-state index in [0.29, 0.717) is 0 Å². The van der Waals surface area contributed by atoms with Gasteiger partial charge in [-0.05, 0) is 61.6 Å². The first-order chi connectivity index (χ1) is 11.3. The Kier molecular flexibility index (Phi) is 7.95. The van der Waals surface area contributed by atoms with E-state index in [0.717, 1.165) is 23.8 Å². The molecule has 23 heavy (non-hydrogen) atoms. The fraction of sp³-hybridized carbons (Fsp3) is 0.591. The average Bonchev–Trinajstić information content (AvgIpc) is 2.60. The molecule has 0 aromatic heterocycles. The molecule has 124 valence electrons. The third-order valence-corrected chi connectivity index (χ3v) is 5.20. The normalized spacial score (nSPS) is 21.4. The minimum Gasteiger partial charge on any atom is -0.192 e. The van der Waals surface area contributed by atoms with Crippen molar-refractivity contribution in [2.45, 2.75) is 71.1 Å². The molecular weight excluding hydrogens is 278 g/mol. The van der Waals surface area contributed by atoms with Crippen LogP contribution in [0.3, 0.4) is 0 Å². The fourth-order valence-electron chi connectivity index (χ4n) is 3.64. The minimum atomic E-state index is 0.745. The van der Waals surface area contributed by atoms with E-state index in [4.69, 9.17) is 5.26 Å². The van der Waals surface area contributed by atoms with Gasteiger partial charge in [0.1, 0.15) is 0 Å². The van der Waals surface area contributed by atoms with Gasteiger partial charge in [-0.3, -0.25) is 0 Å². The van der Waals surface area contributed by atoms with E-state index < -0.39 is 0 Å². The zero-order chi connectivity index (χ0) is 16.3. The molecule has 0 spiro atoms. The molecule has 1 aromatic carbocycles. The summed E-state index contributed by atoms with van der Waals surface area (Å²) in [5.41, 5.74) is 2.04. The third-order valence-electron chi connectivity index (χ3n) is 5.20. The second kappa shape index (κ2) is 10.3. The maximum Gasteiger partial charge on any atom is 0.0991 e.